The van der Waals surface area contributed by atoms with E-state index in [9.17, 15) is 0 Å². The molecule has 4 heteroatoms. The van der Waals surface area contributed by atoms with Gasteiger partial charge < -0.3 is 10.1 Å². The van der Waals surface area contributed by atoms with Crippen LogP contribution >= 0.6 is 11.3 Å². The zero-order chi connectivity index (χ0) is 10.2. The van der Waals surface area contributed by atoms with Crippen LogP contribution in [0.1, 0.15) is 24.0 Å². The molecule has 2 atom stereocenters. The lowest BCUT2D eigenvalue weighted by Crippen LogP contribution is -2.45. The molecule has 2 heterocycles. The average Bonchev–Trinajstić information content (AvgIpc) is 2.73. The Kier molecular flexibility index (Phi) is 2.60. The number of ether oxygens (including phenoxy) is 1. The zero-order valence-corrected chi connectivity index (χ0v) is 9.65. The standard InChI is InChI=1S/C10H16N2OS/c1-7-6-14-9(12-7)10(11-3)4-5-13-8(10)2/h6,8,11H,4-5H2,1-3H3. The first-order chi connectivity index (χ1) is 6.69. The molecule has 2 rings (SSSR count). The minimum atomic E-state index is -0.0566. The molecule has 1 aromatic rings. The first-order valence-corrected chi connectivity index (χ1v) is 5.80. The van der Waals surface area contributed by atoms with Crippen LogP contribution in [0.25, 0.3) is 0 Å². The summed E-state index contributed by atoms with van der Waals surface area (Å²) in [5.74, 6) is 0. The van der Waals surface area contributed by atoms with Crippen molar-refractivity contribution in [2.75, 3.05) is 13.7 Å². The molecule has 3 nitrogen and oxygen atoms in total. The van der Waals surface area contributed by atoms with Crippen LogP contribution in [0.2, 0.25) is 0 Å². The molecular formula is C10H16N2OS. The molecule has 0 bridgehead atoms. The van der Waals surface area contributed by atoms with Crippen LogP contribution < -0.4 is 5.32 Å². The van der Waals surface area contributed by atoms with Gasteiger partial charge in [-0.05, 0) is 27.3 Å². The highest BCUT2D eigenvalue weighted by atomic mass is 32.1. The SMILES string of the molecule is CNC1(c2nc(C)cs2)CCOC1C. The molecule has 14 heavy (non-hydrogen) atoms. The fourth-order valence-corrected chi connectivity index (χ4v) is 3.13. The molecule has 1 aliphatic rings. The molecule has 2 unspecified atom stereocenters. The first kappa shape index (κ1) is 10.1. The summed E-state index contributed by atoms with van der Waals surface area (Å²) in [6.07, 6.45) is 1.22. The maximum absolute atomic E-state index is 5.63. The summed E-state index contributed by atoms with van der Waals surface area (Å²) in [4.78, 5) is 4.56. The quantitative estimate of drug-likeness (QED) is 0.810. The summed E-state index contributed by atoms with van der Waals surface area (Å²) in [6.45, 7) is 4.96. The number of thiazole rings is 1. The summed E-state index contributed by atoms with van der Waals surface area (Å²) in [6, 6.07) is 0. The Balaban J connectivity index is 2.37. The number of aromatic nitrogens is 1. The normalized spacial score (nSPS) is 32.4. The van der Waals surface area contributed by atoms with E-state index in [-0.39, 0.29) is 11.6 Å². The predicted octanol–water partition coefficient (Wildman–Crippen LogP) is 1.68. The van der Waals surface area contributed by atoms with Gasteiger partial charge in [-0.3, -0.25) is 0 Å². The van der Waals surface area contributed by atoms with E-state index in [1.807, 2.05) is 14.0 Å². The van der Waals surface area contributed by atoms with Gasteiger partial charge in [0.05, 0.1) is 11.6 Å². The predicted molar refractivity (Wildman–Crippen MR) is 57.6 cm³/mol. The minimum Gasteiger partial charge on any atom is -0.376 e. The summed E-state index contributed by atoms with van der Waals surface area (Å²) < 4.78 is 5.63. The average molecular weight is 212 g/mol. The van der Waals surface area contributed by atoms with E-state index < -0.39 is 0 Å². The minimum absolute atomic E-state index is 0.0566. The van der Waals surface area contributed by atoms with Crippen molar-refractivity contribution >= 4 is 11.3 Å². The van der Waals surface area contributed by atoms with Crippen molar-refractivity contribution < 1.29 is 4.74 Å². The molecule has 1 aromatic heterocycles. The number of nitrogens with one attached hydrogen (secondary N) is 1. The van der Waals surface area contributed by atoms with Gasteiger partial charge in [0.25, 0.3) is 0 Å². The van der Waals surface area contributed by atoms with Gasteiger partial charge in [-0.1, -0.05) is 0 Å². The third-order valence-electron chi connectivity index (χ3n) is 3.00. The second-order valence-electron chi connectivity index (χ2n) is 3.78. The molecule has 0 aliphatic carbocycles. The molecule has 1 N–H and O–H groups in total. The number of likely N-dealkylation sites (N-methyl/N-ethyl adjacent to an activating group) is 1. The van der Waals surface area contributed by atoms with Gasteiger partial charge in [0, 0.05) is 17.7 Å². The van der Waals surface area contributed by atoms with Crippen LogP contribution in [-0.4, -0.2) is 24.7 Å². The zero-order valence-electron chi connectivity index (χ0n) is 8.83. The fraction of sp³-hybridized carbons (Fsp3) is 0.700. The van der Waals surface area contributed by atoms with Crippen molar-refractivity contribution in [3.05, 3.63) is 16.1 Å². The lowest BCUT2D eigenvalue weighted by atomic mass is 9.93. The van der Waals surface area contributed by atoms with Gasteiger partial charge in [-0.2, -0.15) is 0 Å². The van der Waals surface area contributed by atoms with Crippen molar-refractivity contribution in [1.82, 2.24) is 10.3 Å². The molecule has 0 aromatic carbocycles. The lowest BCUT2D eigenvalue weighted by molar-refractivity contribution is 0.0848. The third-order valence-corrected chi connectivity index (χ3v) is 4.14. The van der Waals surface area contributed by atoms with E-state index in [1.54, 1.807) is 11.3 Å². The van der Waals surface area contributed by atoms with Crippen LogP contribution in [0.4, 0.5) is 0 Å². The van der Waals surface area contributed by atoms with Gasteiger partial charge >= 0.3 is 0 Å². The molecule has 0 amide bonds. The van der Waals surface area contributed by atoms with E-state index in [4.69, 9.17) is 4.74 Å². The number of hydrogen-bond donors (Lipinski definition) is 1. The van der Waals surface area contributed by atoms with E-state index in [0.717, 1.165) is 23.7 Å². The summed E-state index contributed by atoms with van der Waals surface area (Å²) in [5.41, 5.74) is 1.04. The van der Waals surface area contributed by atoms with E-state index in [0.29, 0.717) is 0 Å². The van der Waals surface area contributed by atoms with Crippen molar-refractivity contribution in [3.63, 3.8) is 0 Å². The van der Waals surface area contributed by atoms with Crippen molar-refractivity contribution in [3.8, 4) is 0 Å². The Morgan fingerprint density at radius 3 is 2.93 bits per heavy atom. The Hall–Kier alpha value is -0.450. The summed E-state index contributed by atoms with van der Waals surface area (Å²) in [5, 5.41) is 6.63. The van der Waals surface area contributed by atoms with Crippen LogP contribution in [-0.2, 0) is 10.3 Å². The monoisotopic (exact) mass is 212 g/mol. The van der Waals surface area contributed by atoms with Crippen molar-refractivity contribution in [2.45, 2.75) is 31.9 Å². The van der Waals surface area contributed by atoms with Gasteiger partial charge in [0.15, 0.2) is 0 Å². The molecular weight excluding hydrogens is 196 g/mol. The van der Waals surface area contributed by atoms with Crippen molar-refractivity contribution in [1.29, 1.82) is 0 Å². The second kappa shape index (κ2) is 3.61. The summed E-state index contributed by atoms with van der Waals surface area (Å²) in [7, 11) is 1.99. The molecule has 1 aliphatic heterocycles. The van der Waals surface area contributed by atoms with E-state index in [1.165, 1.54) is 0 Å². The molecule has 0 saturated carbocycles. The van der Waals surface area contributed by atoms with Crippen LogP contribution in [0.15, 0.2) is 5.38 Å². The number of nitrogens with zero attached hydrogens (tertiary/aromatic N) is 1. The largest absolute Gasteiger partial charge is 0.376 e. The Morgan fingerprint density at radius 2 is 2.50 bits per heavy atom. The van der Waals surface area contributed by atoms with E-state index >= 15 is 0 Å². The maximum Gasteiger partial charge on any atom is 0.116 e. The second-order valence-corrected chi connectivity index (χ2v) is 4.64. The highest BCUT2D eigenvalue weighted by Gasteiger charge is 2.43. The highest BCUT2D eigenvalue weighted by Crippen LogP contribution is 2.37. The first-order valence-electron chi connectivity index (χ1n) is 4.92. The third kappa shape index (κ3) is 1.38. The van der Waals surface area contributed by atoms with Gasteiger partial charge in [-0.15, -0.1) is 11.3 Å². The Morgan fingerprint density at radius 1 is 1.71 bits per heavy atom. The molecule has 0 radical (unpaired) electrons. The summed E-state index contributed by atoms with van der Waals surface area (Å²) >= 11 is 1.72. The van der Waals surface area contributed by atoms with Crippen molar-refractivity contribution in [2.24, 2.45) is 0 Å². The Bertz CT molecular complexity index is 326. The van der Waals surface area contributed by atoms with Gasteiger partial charge in [0.2, 0.25) is 0 Å². The van der Waals surface area contributed by atoms with Crippen LogP contribution in [0.5, 0.6) is 0 Å². The number of aryl methyl sites for hydroxylation is 1. The van der Waals surface area contributed by atoms with Gasteiger partial charge in [-0.25, -0.2) is 4.98 Å². The lowest BCUT2D eigenvalue weighted by Gasteiger charge is -2.29. The fourth-order valence-electron chi connectivity index (χ4n) is 2.02. The smallest absolute Gasteiger partial charge is 0.116 e. The van der Waals surface area contributed by atoms with Crippen LogP contribution in [0.3, 0.4) is 0 Å². The molecule has 1 saturated heterocycles. The van der Waals surface area contributed by atoms with E-state index in [2.05, 4.69) is 22.6 Å². The molecule has 1 fully saturated rings. The Labute approximate surface area is 88.5 Å². The van der Waals surface area contributed by atoms with Crippen LogP contribution in [0, 0.1) is 6.92 Å². The van der Waals surface area contributed by atoms with Gasteiger partial charge in [0.1, 0.15) is 5.01 Å². The molecule has 0 spiro atoms. The highest BCUT2D eigenvalue weighted by molar-refractivity contribution is 7.09. The molecule has 78 valence electrons. The maximum atomic E-state index is 5.63. The number of hydrogen-bond acceptors (Lipinski definition) is 4. The topological polar surface area (TPSA) is 34.2 Å². The number of rotatable bonds is 2.